The first kappa shape index (κ1) is 85.9. The third-order valence-electron chi connectivity index (χ3n) is 17.3. The van der Waals surface area contributed by atoms with Crippen LogP contribution in [-0.4, -0.2) is 197 Å². The zero-order valence-corrected chi connectivity index (χ0v) is 58.1. The number of carboxylic acids is 2. The summed E-state index contributed by atoms with van der Waals surface area (Å²) in [7, 11) is 1.70. The minimum absolute atomic E-state index is 0.0600. The molecule has 0 heterocycles. The number of aromatic hydroxyl groups is 1. The van der Waals surface area contributed by atoms with E-state index in [0.29, 0.717) is 58.0 Å². The number of likely N-dealkylation sites (N-methyl/N-ethyl adjacent to an activating group) is 1. The van der Waals surface area contributed by atoms with Crippen molar-refractivity contribution in [3.8, 4) is 5.75 Å². The van der Waals surface area contributed by atoms with Gasteiger partial charge in [0.25, 0.3) is 0 Å². The number of phenolic OH excluding ortho intramolecular Hbond substituents is 1. The van der Waals surface area contributed by atoms with Crippen molar-refractivity contribution >= 4 is 58.9 Å². The van der Waals surface area contributed by atoms with Crippen molar-refractivity contribution in [1.82, 2.24) is 42.5 Å². The third kappa shape index (κ3) is 44.6. The van der Waals surface area contributed by atoms with Gasteiger partial charge in [0.15, 0.2) is 11.6 Å². The number of carbonyl (C=O) groups is 10. The molecule has 1 aromatic rings. The number of ether oxygens (including phenoxy) is 4. The number of nitrogens with two attached hydrogens (primary N) is 1. The van der Waals surface area contributed by atoms with E-state index in [1.54, 1.807) is 26.1 Å². The molecule has 26 nitrogen and oxygen atoms in total. The Morgan fingerprint density at radius 1 is 0.531 bits per heavy atom. The van der Waals surface area contributed by atoms with Crippen molar-refractivity contribution in [3.05, 3.63) is 29.8 Å². The Morgan fingerprint density at radius 3 is 1.55 bits per heavy atom. The quantitative estimate of drug-likeness (QED) is 0.0353. The molecular formula is C70H121N9O17. The van der Waals surface area contributed by atoms with Crippen LogP contribution in [0.2, 0.25) is 0 Å². The van der Waals surface area contributed by atoms with Gasteiger partial charge in [-0.3, -0.25) is 53.8 Å². The van der Waals surface area contributed by atoms with E-state index in [-0.39, 0.29) is 157 Å². The van der Waals surface area contributed by atoms with Crippen LogP contribution in [0, 0.1) is 11.8 Å². The Labute approximate surface area is 570 Å². The fraction of sp³-hybridized carbons (Fsp3) is 0.771. The largest absolute Gasteiger partial charge is 0.508 e. The Morgan fingerprint density at radius 2 is 1.03 bits per heavy atom. The van der Waals surface area contributed by atoms with Crippen LogP contribution >= 0.6 is 0 Å². The van der Waals surface area contributed by atoms with Gasteiger partial charge in [0.2, 0.25) is 35.4 Å². The first-order valence-electron chi connectivity index (χ1n) is 35.8. The highest BCUT2D eigenvalue weighted by Crippen LogP contribution is 2.29. The summed E-state index contributed by atoms with van der Waals surface area (Å²) in [6.07, 6.45) is 26.1. The van der Waals surface area contributed by atoms with Crippen LogP contribution in [0.4, 0.5) is 0 Å². The summed E-state index contributed by atoms with van der Waals surface area (Å²) in [6, 6.07) is 2.65. The Kier molecular flexibility index (Phi) is 49.9. The van der Waals surface area contributed by atoms with Gasteiger partial charge in [0.05, 0.1) is 70.4 Å². The van der Waals surface area contributed by atoms with E-state index in [1.807, 2.05) is 6.92 Å². The van der Waals surface area contributed by atoms with E-state index >= 15 is 0 Å². The molecule has 548 valence electrons. The standard InChI is InChI=1S/C70H121N9O17/c1-4-5-24-57(61(81)49-76-60(68(71)89)47-53-30-34-56(80)35-31-53)78-52(2)67(88)58(72-3)25-22-23-38-73-64(84)50-95-45-44-94-42-40-75-65(85)51-96-46-43-93-41-39-74-63(83)37-36-59(70(91)92)79-69(90)55-32-28-54(29-33-55)48-77-62(82)26-20-18-16-14-12-10-8-6-7-9-11-13-15-17-19-21-27-66(86)87/h30-31,34-35,52,54-55,57-60,72,76,78,80H,4-29,32-33,36-51H2,1-3H3,(H2,71,89)(H,73,84)(H,74,83)(H,75,85)(H,77,82)(H,79,90)(H,86,87)(H,91,92)/t52?,54?,55?,57-,58-,59?,60-/m0/s1. The van der Waals surface area contributed by atoms with Crippen molar-refractivity contribution in [3.63, 3.8) is 0 Å². The molecule has 1 fully saturated rings. The van der Waals surface area contributed by atoms with E-state index in [1.165, 1.54) is 76.3 Å². The fourth-order valence-corrected chi connectivity index (χ4v) is 11.4. The molecule has 13 N–H and O–H groups in total. The number of Topliss-reactive ketones (excluding diaryl/α,β-unsaturated/α-hetero) is 2. The van der Waals surface area contributed by atoms with E-state index in [0.717, 1.165) is 69.8 Å². The lowest BCUT2D eigenvalue weighted by Gasteiger charge is -2.28. The van der Waals surface area contributed by atoms with Gasteiger partial charge in [-0.05, 0) is 115 Å². The molecule has 96 heavy (non-hydrogen) atoms. The highest BCUT2D eigenvalue weighted by molar-refractivity contribution is 5.91. The fourth-order valence-electron chi connectivity index (χ4n) is 11.4. The van der Waals surface area contributed by atoms with Gasteiger partial charge in [-0.25, -0.2) is 4.79 Å². The number of ketones is 2. The number of amides is 6. The lowest BCUT2D eigenvalue weighted by molar-refractivity contribution is -0.143. The lowest BCUT2D eigenvalue weighted by atomic mass is 9.81. The number of hydrogen-bond acceptors (Lipinski definition) is 18. The molecule has 0 spiro atoms. The number of aliphatic carboxylic acids is 2. The van der Waals surface area contributed by atoms with Crippen LogP contribution in [0.15, 0.2) is 24.3 Å². The van der Waals surface area contributed by atoms with Gasteiger partial charge in [-0.1, -0.05) is 122 Å². The summed E-state index contributed by atoms with van der Waals surface area (Å²) in [4.78, 5) is 124. The van der Waals surface area contributed by atoms with E-state index in [9.17, 15) is 58.2 Å². The molecule has 0 saturated heterocycles. The molecule has 5 atom stereocenters. The molecule has 1 saturated carbocycles. The molecule has 26 heteroatoms. The molecule has 2 rings (SSSR count). The Balaban J connectivity index is 1.42. The van der Waals surface area contributed by atoms with Crippen LogP contribution in [0.3, 0.4) is 0 Å². The summed E-state index contributed by atoms with van der Waals surface area (Å²) in [5.41, 5.74) is 6.39. The SMILES string of the molecule is CCCC[C@H](NC(C)C(=O)[C@H](CCCCNC(=O)COCCOCCNC(=O)COCCOCCNC(=O)CCC(NC(=O)C1CCC(CNC(=O)CCCCCCCCCCCCCCCCCCC(=O)O)CC1)C(=O)O)NC)C(=O)CN[C@@H](Cc1ccc(O)cc1)C(N)=O. The number of hydrogen-bond donors (Lipinski definition) is 12. The van der Waals surface area contributed by atoms with Gasteiger partial charge >= 0.3 is 11.9 Å². The summed E-state index contributed by atoms with van der Waals surface area (Å²) >= 11 is 0. The van der Waals surface area contributed by atoms with E-state index in [2.05, 4.69) is 42.5 Å². The van der Waals surface area contributed by atoms with Gasteiger partial charge in [0, 0.05) is 51.4 Å². The molecule has 1 aromatic carbocycles. The van der Waals surface area contributed by atoms with Gasteiger partial charge < -0.3 is 71.9 Å². The maximum Gasteiger partial charge on any atom is 0.326 e. The van der Waals surface area contributed by atoms with Gasteiger partial charge in [0.1, 0.15) is 25.0 Å². The first-order chi connectivity index (χ1) is 46.3. The van der Waals surface area contributed by atoms with Crippen molar-refractivity contribution in [2.45, 2.75) is 243 Å². The summed E-state index contributed by atoms with van der Waals surface area (Å²) in [5.74, 6) is -4.08. The van der Waals surface area contributed by atoms with Crippen molar-refractivity contribution in [2.24, 2.45) is 17.6 Å². The highest BCUT2D eigenvalue weighted by atomic mass is 16.5. The second kappa shape index (κ2) is 55.8. The summed E-state index contributed by atoms with van der Waals surface area (Å²) in [5, 5.41) is 51.2. The molecule has 6 amide bonds. The van der Waals surface area contributed by atoms with E-state index < -0.39 is 48.1 Å². The number of rotatable bonds is 63. The lowest BCUT2D eigenvalue weighted by Crippen LogP contribution is -2.53. The highest BCUT2D eigenvalue weighted by Gasteiger charge is 2.31. The Hall–Kier alpha value is -6.16. The predicted octanol–water partition coefficient (Wildman–Crippen LogP) is 5.61. The Bertz CT molecular complexity index is 2340. The van der Waals surface area contributed by atoms with Crippen LogP contribution < -0.4 is 48.3 Å². The minimum atomic E-state index is -1.21. The smallest absolute Gasteiger partial charge is 0.326 e. The summed E-state index contributed by atoms with van der Waals surface area (Å²) in [6.45, 7) is 5.66. The maximum atomic E-state index is 13.5. The number of primary amides is 1. The molecular weight excluding hydrogens is 1240 g/mol. The number of unbranched alkanes of at least 4 members (excludes halogenated alkanes) is 17. The number of carboxylic acid groups (broad SMARTS) is 2. The van der Waals surface area contributed by atoms with Crippen LogP contribution in [0.1, 0.15) is 212 Å². The third-order valence-corrected chi connectivity index (χ3v) is 17.3. The zero-order valence-electron chi connectivity index (χ0n) is 58.1. The molecule has 0 radical (unpaired) electrons. The molecule has 2 unspecified atom stereocenters. The van der Waals surface area contributed by atoms with Crippen molar-refractivity contribution < 1.29 is 82.2 Å². The second-order valence-corrected chi connectivity index (χ2v) is 25.4. The van der Waals surface area contributed by atoms with Crippen molar-refractivity contribution in [2.75, 3.05) is 92.6 Å². The average molecular weight is 1360 g/mol. The average Bonchev–Trinajstić information content (AvgIpc) is 1.10. The zero-order chi connectivity index (χ0) is 70.4. The normalized spacial score (nSPS) is 15.3. The number of benzene rings is 1. The second-order valence-electron chi connectivity index (χ2n) is 25.4. The predicted molar refractivity (Wildman–Crippen MR) is 366 cm³/mol. The molecule has 0 aliphatic heterocycles. The maximum absolute atomic E-state index is 13.5. The topological polar surface area (TPSA) is 391 Å². The monoisotopic (exact) mass is 1360 g/mol. The number of phenols is 1. The van der Waals surface area contributed by atoms with Gasteiger partial charge in [-0.2, -0.15) is 0 Å². The minimum Gasteiger partial charge on any atom is -0.508 e. The molecule has 0 aromatic heterocycles. The molecule has 1 aliphatic rings. The van der Waals surface area contributed by atoms with Crippen LogP contribution in [0.5, 0.6) is 5.75 Å². The molecule has 0 bridgehead atoms. The van der Waals surface area contributed by atoms with Crippen LogP contribution in [0.25, 0.3) is 0 Å². The number of nitrogens with one attached hydrogen (secondary N) is 8. The van der Waals surface area contributed by atoms with Crippen LogP contribution in [-0.2, 0) is 73.3 Å². The summed E-state index contributed by atoms with van der Waals surface area (Å²) < 4.78 is 21.7. The number of carbonyl (C=O) groups excluding carboxylic acids is 8. The first-order valence-corrected chi connectivity index (χ1v) is 35.8. The van der Waals surface area contributed by atoms with Gasteiger partial charge in [-0.15, -0.1) is 0 Å². The van der Waals surface area contributed by atoms with Crippen molar-refractivity contribution in [1.29, 1.82) is 0 Å². The molecule has 1 aliphatic carbocycles. The van der Waals surface area contributed by atoms with E-state index in [4.69, 9.17) is 29.8 Å².